The Morgan fingerprint density at radius 3 is 2.45 bits per heavy atom. The molecule has 3 fully saturated rings. The third-order valence-corrected chi connectivity index (χ3v) is 4.81. The molecular weight excluding hydrogens is 250 g/mol. The number of quaternary nitrogens is 1. The second kappa shape index (κ2) is 5.19. The van der Waals surface area contributed by atoms with Crippen molar-refractivity contribution < 1.29 is 9.28 Å². The average Bonchev–Trinajstić information content (AvgIpc) is 2.43. The zero-order chi connectivity index (χ0) is 14.2. The molecule has 3 saturated heterocycles. The SMILES string of the molecule is Cc1ccc(NC(=O)C[N+]23CCN(CC2)CC3)c(C)c1. The fourth-order valence-corrected chi connectivity index (χ4v) is 3.42. The minimum atomic E-state index is 0.160. The largest absolute Gasteiger partial charge is 0.321 e. The molecule has 0 spiro atoms. The molecule has 2 bridgehead atoms. The van der Waals surface area contributed by atoms with Crippen molar-refractivity contribution in [1.82, 2.24) is 4.90 Å². The molecule has 3 heterocycles. The molecule has 1 amide bonds. The van der Waals surface area contributed by atoms with E-state index < -0.39 is 0 Å². The lowest BCUT2D eigenvalue weighted by molar-refractivity contribution is -0.933. The van der Waals surface area contributed by atoms with Crippen molar-refractivity contribution in [2.45, 2.75) is 13.8 Å². The number of carbonyl (C=O) groups is 1. The topological polar surface area (TPSA) is 32.3 Å². The maximum Gasteiger partial charge on any atom is 0.279 e. The molecule has 0 aliphatic carbocycles. The van der Waals surface area contributed by atoms with Crippen LogP contribution < -0.4 is 5.32 Å². The van der Waals surface area contributed by atoms with Crippen LogP contribution in [0, 0.1) is 13.8 Å². The van der Waals surface area contributed by atoms with E-state index in [0.29, 0.717) is 6.54 Å². The molecule has 3 aliphatic rings. The third-order valence-electron chi connectivity index (χ3n) is 4.81. The maximum absolute atomic E-state index is 12.4. The van der Waals surface area contributed by atoms with Crippen molar-refractivity contribution in [3.8, 4) is 0 Å². The molecule has 3 aliphatic heterocycles. The van der Waals surface area contributed by atoms with Crippen LogP contribution in [0.2, 0.25) is 0 Å². The molecule has 0 unspecified atom stereocenters. The molecule has 108 valence electrons. The van der Waals surface area contributed by atoms with Gasteiger partial charge in [0, 0.05) is 25.3 Å². The predicted octanol–water partition coefficient (Wildman–Crippen LogP) is 1.39. The summed E-state index contributed by atoms with van der Waals surface area (Å²) >= 11 is 0. The van der Waals surface area contributed by atoms with Gasteiger partial charge >= 0.3 is 0 Å². The summed E-state index contributed by atoms with van der Waals surface area (Å²) in [5.41, 5.74) is 3.32. The molecule has 1 N–H and O–H groups in total. The smallest absolute Gasteiger partial charge is 0.279 e. The van der Waals surface area contributed by atoms with Crippen LogP contribution in [-0.2, 0) is 4.79 Å². The van der Waals surface area contributed by atoms with Crippen molar-refractivity contribution in [1.29, 1.82) is 0 Å². The molecule has 1 aromatic carbocycles. The first kappa shape index (κ1) is 13.6. The Bertz CT molecular complexity index is 505. The number of hydrogen-bond acceptors (Lipinski definition) is 2. The van der Waals surface area contributed by atoms with Gasteiger partial charge in [-0.3, -0.25) is 9.69 Å². The lowest BCUT2D eigenvalue weighted by atomic mass is 10.1. The number of hydrogen-bond donors (Lipinski definition) is 1. The highest BCUT2D eigenvalue weighted by molar-refractivity contribution is 5.92. The summed E-state index contributed by atoms with van der Waals surface area (Å²) in [4.78, 5) is 14.9. The Morgan fingerprint density at radius 2 is 1.85 bits per heavy atom. The van der Waals surface area contributed by atoms with Gasteiger partial charge in [0.2, 0.25) is 0 Å². The highest BCUT2D eigenvalue weighted by atomic mass is 16.2. The number of amides is 1. The zero-order valence-electron chi connectivity index (χ0n) is 12.5. The number of carbonyl (C=O) groups excluding carboxylic acids is 1. The first-order valence-electron chi connectivity index (χ1n) is 7.51. The highest BCUT2D eigenvalue weighted by Crippen LogP contribution is 2.20. The quantitative estimate of drug-likeness (QED) is 0.845. The summed E-state index contributed by atoms with van der Waals surface area (Å²) in [6.07, 6.45) is 0. The number of anilines is 1. The van der Waals surface area contributed by atoms with Crippen LogP contribution in [0.5, 0.6) is 0 Å². The third kappa shape index (κ3) is 2.72. The molecule has 1 aromatic rings. The maximum atomic E-state index is 12.4. The fraction of sp³-hybridized carbons (Fsp3) is 0.562. The molecule has 0 aromatic heterocycles. The Labute approximate surface area is 121 Å². The summed E-state index contributed by atoms with van der Waals surface area (Å²) in [7, 11) is 0. The Balaban J connectivity index is 1.64. The van der Waals surface area contributed by atoms with Gasteiger partial charge in [-0.15, -0.1) is 0 Å². The predicted molar refractivity (Wildman–Crippen MR) is 80.7 cm³/mol. The number of piperazine rings is 3. The summed E-state index contributed by atoms with van der Waals surface area (Å²) in [5.74, 6) is 0.160. The van der Waals surface area contributed by atoms with E-state index in [9.17, 15) is 4.79 Å². The van der Waals surface area contributed by atoms with Crippen molar-refractivity contribution in [3.63, 3.8) is 0 Å². The minimum Gasteiger partial charge on any atom is -0.321 e. The molecule has 0 atom stereocenters. The molecule has 0 saturated carbocycles. The molecule has 4 heteroatoms. The van der Waals surface area contributed by atoms with Crippen LogP contribution in [0.4, 0.5) is 5.69 Å². The van der Waals surface area contributed by atoms with Gasteiger partial charge < -0.3 is 9.80 Å². The Hall–Kier alpha value is -1.39. The van der Waals surface area contributed by atoms with E-state index in [1.807, 2.05) is 6.07 Å². The van der Waals surface area contributed by atoms with E-state index in [1.165, 1.54) is 5.56 Å². The standard InChI is InChI=1S/C16H23N3O/c1-13-3-4-15(14(2)11-13)17-16(20)12-19-8-5-18(6-9-19)7-10-19/h3-4,11H,5-10,12H2,1-2H3/p+1. The summed E-state index contributed by atoms with van der Waals surface area (Å²) < 4.78 is 0.979. The lowest BCUT2D eigenvalue weighted by Gasteiger charge is -2.50. The van der Waals surface area contributed by atoms with Crippen LogP contribution >= 0.6 is 0 Å². The van der Waals surface area contributed by atoms with E-state index in [1.54, 1.807) is 0 Å². The monoisotopic (exact) mass is 274 g/mol. The van der Waals surface area contributed by atoms with E-state index in [0.717, 1.165) is 55.0 Å². The molecule has 4 rings (SSSR count). The van der Waals surface area contributed by atoms with Crippen LogP contribution in [-0.4, -0.2) is 61.1 Å². The van der Waals surface area contributed by atoms with Gasteiger partial charge in [0.25, 0.3) is 5.91 Å². The fourth-order valence-electron chi connectivity index (χ4n) is 3.42. The van der Waals surface area contributed by atoms with Crippen LogP contribution in [0.1, 0.15) is 11.1 Å². The van der Waals surface area contributed by atoms with Crippen molar-refractivity contribution >= 4 is 11.6 Å². The van der Waals surface area contributed by atoms with Gasteiger partial charge in [-0.25, -0.2) is 0 Å². The number of aryl methyl sites for hydroxylation is 2. The summed E-state index contributed by atoms with van der Waals surface area (Å²) in [5, 5.41) is 3.09. The normalized spacial score (nSPS) is 28.4. The van der Waals surface area contributed by atoms with E-state index in [4.69, 9.17) is 0 Å². The van der Waals surface area contributed by atoms with Gasteiger partial charge in [0.1, 0.15) is 0 Å². The molecular formula is C16H24N3O+. The van der Waals surface area contributed by atoms with Crippen LogP contribution in [0.3, 0.4) is 0 Å². The number of benzene rings is 1. The van der Waals surface area contributed by atoms with Crippen molar-refractivity contribution in [3.05, 3.63) is 29.3 Å². The first-order chi connectivity index (χ1) is 9.56. The summed E-state index contributed by atoms with van der Waals surface area (Å²) in [6, 6.07) is 6.17. The van der Waals surface area contributed by atoms with Gasteiger partial charge in [0.15, 0.2) is 6.54 Å². The first-order valence-corrected chi connectivity index (χ1v) is 7.51. The number of nitrogens with zero attached hydrogens (tertiary/aromatic N) is 2. The second-order valence-electron chi connectivity index (χ2n) is 6.38. The van der Waals surface area contributed by atoms with Crippen molar-refractivity contribution in [2.24, 2.45) is 0 Å². The zero-order valence-corrected chi connectivity index (χ0v) is 12.5. The number of nitrogens with one attached hydrogen (secondary N) is 1. The average molecular weight is 274 g/mol. The molecule has 4 nitrogen and oxygen atoms in total. The van der Waals surface area contributed by atoms with Gasteiger partial charge in [-0.2, -0.15) is 0 Å². The lowest BCUT2D eigenvalue weighted by Crippen LogP contribution is -2.68. The molecule has 20 heavy (non-hydrogen) atoms. The van der Waals surface area contributed by atoms with Crippen LogP contribution in [0.15, 0.2) is 18.2 Å². The van der Waals surface area contributed by atoms with Gasteiger partial charge in [-0.05, 0) is 25.5 Å². The molecule has 0 radical (unpaired) electrons. The minimum absolute atomic E-state index is 0.160. The van der Waals surface area contributed by atoms with Crippen molar-refractivity contribution in [2.75, 3.05) is 51.1 Å². The number of fused-ring (bicyclic) bond motifs is 3. The van der Waals surface area contributed by atoms with Gasteiger partial charge in [0.05, 0.1) is 19.6 Å². The second-order valence-corrected chi connectivity index (χ2v) is 6.38. The summed E-state index contributed by atoms with van der Waals surface area (Å²) in [6.45, 7) is 11.6. The van der Waals surface area contributed by atoms with E-state index in [-0.39, 0.29) is 5.91 Å². The van der Waals surface area contributed by atoms with Gasteiger partial charge in [-0.1, -0.05) is 17.7 Å². The van der Waals surface area contributed by atoms with Crippen LogP contribution in [0.25, 0.3) is 0 Å². The highest BCUT2D eigenvalue weighted by Gasteiger charge is 2.39. The Morgan fingerprint density at radius 1 is 1.20 bits per heavy atom. The van der Waals surface area contributed by atoms with E-state index >= 15 is 0 Å². The van der Waals surface area contributed by atoms with E-state index in [2.05, 4.69) is 36.2 Å². The Kier molecular flexibility index (Phi) is 3.52. The number of rotatable bonds is 3.